The van der Waals surface area contributed by atoms with Crippen LogP contribution in [0.1, 0.15) is 19.3 Å². The second-order valence-corrected chi connectivity index (χ2v) is 6.12. The summed E-state index contributed by atoms with van der Waals surface area (Å²) >= 11 is 7.60. The van der Waals surface area contributed by atoms with Crippen LogP contribution in [0.2, 0.25) is 5.28 Å². The molecule has 2 aliphatic rings. The molecule has 18 heavy (non-hydrogen) atoms. The van der Waals surface area contributed by atoms with Crippen molar-refractivity contribution >= 4 is 29.3 Å². The lowest BCUT2D eigenvalue weighted by Crippen LogP contribution is -2.32. The molecule has 3 heterocycles. The van der Waals surface area contributed by atoms with Crippen molar-refractivity contribution in [3.8, 4) is 0 Å². The van der Waals surface area contributed by atoms with Gasteiger partial charge in [-0.1, -0.05) is 11.8 Å². The Morgan fingerprint density at radius 2 is 1.89 bits per heavy atom. The molecule has 3 rings (SSSR count). The molecule has 0 N–H and O–H groups in total. The molecule has 0 aromatic carbocycles. The van der Waals surface area contributed by atoms with E-state index in [9.17, 15) is 0 Å². The highest BCUT2D eigenvalue weighted by molar-refractivity contribution is 7.99. The molecule has 2 aliphatic heterocycles. The number of piperidine rings is 1. The summed E-state index contributed by atoms with van der Waals surface area (Å²) in [5.74, 6) is 0.720. The summed E-state index contributed by atoms with van der Waals surface area (Å²) in [6.07, 6.45) is 3.68. The third kappa shape index (κ3) is 2.87. The van der Waals surface area contributed by atoms with Gasteiger partial charge in [-0.05, 0) is 30.9 Å². The van der Waals surface area contributed by atoms with Crippen LogP contribution in [-0.2, 0) is 4.74 Å². The second-order valence-electron chi connectivity index (χ2n) is 4.51. The van der Waals surface area contributed by atoms with Gasteiger partial charge in [0.05, 0.1) is 18.5 Å². The van der Waals surface area contributed by atoms with Crippen molar-refractivity contribution in [1.82, 2.24) is 15.0 Å². The van der Waals surface area contributed by atoms with E-state index in [1.807, 2.05) is 0 Å². The van der Waals surface area contributed by atoms with Crippen LogP contribution >= 0.6 is 23.4 Å². The highest BCUT2D eigenvalue weighted by Crippen LogP contribution is 2.27. The smallest absolute Gasteiger partial charge is 0.230 e. The van der Waals surface area contributed by atoms with E-state index in [0.29, 0.717) is 10.4 Å². The van der Waals surface area contributed by atoms with Crippen molar-refractivity contribution in [2.75, 3.05) is 31.2 Å². The summed E-state index contributed by atoms with van der Waals surface area (Å²) in [6.45, 7) is 3.56. The number of ether oxygens (including phenoxy) is 1. The largest absolute Gasteiger partial charge is 0.379 e. The van der Waals surface area contributed by atoms with Gasteiger partial charge in [0.1, 0.15) is 0 Å². The van der Waals surface area contributed by atoms with Gasteiger partial charge in [-0.15, -0.1) is 0 Å². The first-order valence-electron chi connectivity index (χ1n) is 6.22. The molecular formula is C11H15ClN4OS. The third-order valence-electron chi connectivity index (χ3n) is 3.09. The highest BCUT2D eigenvalue weighted by Gasteiger charge is 2.22. The van der Waals surface area contributed by atoms with Crippen LogP contribution < -0.4 is 4.90 Å². The molecule has 1 aromatic heterocycles. The van der Waals surface area contributed by atoms with E-state index in [-0.39, 0.29) is 5.28 Å². The summed E-state index contributed by atoms with van der Waals surface area (Å²) in [5, 5.41) is 1.45. The minimum absolute atomic E-state index is 0.285. The van der Waals surface area contributed by atoms with Crippen LogP contribution in [0.15, 0.2) is 5.16 Å². The van der Waals surface area contributed by atoms with E-state index in [4.69, 9.17) is 16.3 Å². The van der Waals surface area contributed by atoms with Crippen LogP contribution in [0.25, 0.3) is 0 Å². The standard InChI is InChI=1S/C11H15ClN4OS/c12-9-13-10(16-4-2-1-3-5-16)15-11(14-9)18-8-6-17-7-8/h8H,1-7H2. The predicted molar refractivity (Wildman–Crippen MR) is 71.4 cm³/mol. The fraction of sp³-hybridized carbons (Fsp3) is 0.727. The molecule has 0 saturated carbocycles. The van der Waals surface area contributed by atoms with Gasteiger partial charge in [-0.25, -0.2) is 0 Å². The Morgan fingerprint density at radius 3 is 2.56 bits per heavy atom. The molecule has 0 bridgehead atoms. The lowest BCUT2D eigenvalue weighted by atomic mass is 10.1. The fourth-order valence-corrected chi connectivity index (χ4v) is 3.15. The van der Waals surface area contributed by atoms with Crippen molar-refractivity contribution in [2.45, 2.75) is 29.7 Å². The number of anilines is 1. The van der Waals surface area contributed by atoms with Gasteiger partial charge in [0, 0.05) is 13.1 Å². The molecule has 1 aromatic rings. The molecule has 2 saturated heterocycles. The number of halogens is 1. The normalized spacial score (nSPS) is 20.8. The molecule has 7 heteroatoms. The van der Waals surface area contributed by atoms with Crippen molar-refractivity contribution < 1.29 is 4.74 Å². The zero-order valence-corrected chi connectivity index (χ0v) is 11.6. The van der Waals surface area contributed by atoms with E-state index in [2.05, 4.69) is 19.9 Å². The SMILES string of the molecule is Clc1nc(SC2COC2)nc(N2CCCCC2)n1. The average molecular weight is 287 g/mol. The lowest BCUT2D eigenvalue weighted by Gasteiger charge is -2.27. The van der Waals surface area contributed by atoms with E-state index in [1.54, 1.807) is 11.8 Å². The summed E-state index contributed by atoms with van der Waals surface area (Å²) in [7, 11) is 0. The molecule has 0 atom stereocenters. The number of thioether (sulfide) groups is 1. The van der Waals surface area contributed by atoms with Crippen LogP contribution in [0, 0.1) is 0 Å². The Bertz CT molecular complexity index is 424. The topological polar surface area (TPSA) is 51.1 Å². The number of hydrogen-bond acceptors (Lipinski definition) is 6. The first-order valence-corrected chi connectivity index (χ1v) is 7.48. The van der Waals surface area contributed by atoms with Gasteiger partial charge in [-0.3, -0.25) is 0 Å². The molecule has 98 valence electrons. The van der Waals surface area contributed by atoms with Gasteiger partial charge in [0.15, 0.2) is 5.16 Å². The molecule has 0 spiro atoms. The van der Waals surface area contributed by atoms with Crippen LogP contribution in [0.4, 0.5) is 5.95 Å². The van der Waals surface area contributed by atoms with Gasteiger partial charge in [0.25, 0.3) is 0 Å². The van der Waals surface area contributed by atoms with Crippen molar-refractivity contribution in [2.24, 2.45) is 0 Å². The van der Waals surface area contributed by atoms with Crippen LogP contribution in [0.3, 0.4) is 0 Å². The molecule has 0 aliphatic carbocycles. The fourth-order valence-electron chi connectivity index (χ4n) is 2.04. The maximum atomic E-state index is 5.98. The molecular weight excluding hydrogens is 272 g/mol. The van der Waals surface area contributed by atoms with Gasteiger partial charge >= 0.3 is 0 Å². The maximum Gasteiger partial charge on any atom is 0.230 e. The molecule has 5 nitrogen and oxygen atoms in total. The van der Waals surface area contributed by atoms with Crippen LogP contribution in [0.5, 0.6) is 0 Å². The predicted octanol–water partition coefficient (Wildman–Crippen LogP) is 2.01. The summed E-state index contributed by atoms with van der Waals surface area (Å²) in [6, 6.07) is 0. The number of aromatic nitrogens is 3. The average Bonchev–Trinajstić information content (AvgIpc) is 2.34. The first-order chi connectivity index (χ1) is 8.81. The first kappa shape index (κ1) is 12.4. The van der Waals surface area contributed by atoms with E-state index < -0.39 is 0 Å². The molecule has 2 fully saturated rings. The van der Waals surface area contributed by atoms with Crippen molar-refractivity contribution in [3.63, 3.8) is 0 Å². The summed E-state index contributed by atoms with van der Waals surface area (Å²) < 4.78 is 5.15. The molecule has 0 unspecified atom stereocenters. The van der Waals surface area contributed by atoms with Crippen molar-refractivity contribution in [3.05, 3.63) is 5.28 Å². The third-order valence-corrected chi connectivity index (χ3v) is 4.26. The number of rotatable bonds is 3. The summed E-state index contributed by atoms with van der Waals surface area (Å²) in [4.78, 5) is 15.1. The maximum absolute atomic E-state index is 5.98. The minimum atomic E-state index is 0.285. The van der Waals surface area contributed by atoms with Gasteiger partial charge in [-0.2, -0.15) is 15.0 Å². The van der Waals surface area contributed by atoms with E-state index in [0.717, 1.165) is 32.3 Å². The second kappa shape index (κ2) is 5.59. The molecule has 0 amide bonds. The van der Waals surface area contributed by atoms with Crippen LogP contribution in [-0.4, -0.2) is 46.5 Å². The quantitative estimate of drug-likeness (QED) is 0.847. The Labute approximate surface area is 115 Å². The summed E-state index contributed by atoms with van der Waals surface area (Å²) in [5.41, 5.74) is 0. The molecule has 0 radical (unpaired) electrons. The Balaban J connectivity index is 1.75. The van der Waals surface area contributed by atoms with Gasteiger partial charge in [0.2, 0.25) is 11.2 Å². The van der Waals surface area contributed by atoms with Gasteiger partial charge < -0.3 is 9.64 Å². The zero-order valence-electron chi connectivity index (χ0n) is 10.0. The Kier molecular flexibility index (Phi) is 3.86. The zero-order chi connectivity index (χ0) is 12.4. The Hall–Kier alpha value is -0.590. The highest BCUT2D eigenvalue weighted by atomic mass is 35.5. The monoisotopic (exact) mass is 286 g/mol. The van der Waals surface area contributed by atoms with E-state index >= 15 is 0 Å². The number of hydrogen-bond donors (Lipinski definition) is 0. The van der Waals surface area contributed by atoms with E-state index in [1.165, 1.54) is 19.3 Å². The number of nitrogens with zero attached hydrogens (tertiary/aromatic N) is 4. The lowest BCUT2D eigenvalue weighted by molar-refractivity contribution is 0.0454. The Morgan fingerprint density at radius 1 is 1.11 bits per heavy atom. The van der Waals surface area contributed by atoms with Crippen molar-refractivity contribution in [1.29, 1.82) is 0 Å². The minimum Gasteiger partial charge on any atom is -0.379 e.